The van der Waals surface area contributed by atoms with Crippen LogP contribution in [0.15, 0.2) is 22.5 Å². The average molecular weight is 218 g/mol. The molecule has 0 bridgehead atoms. The maximum absolute atomic E-state index is 10.2. The molecule has 0 aliphatic rings. The summed E-state index contributed by atoms with van der Waals surface area (Å²) >= 11 is 3.47. The third-order valence-electron chi connectivity index (χ3n) is 1.04. The van der Waals surface area contributed by atoms with Crippen LogP contribution in [0, 0.1) is 0 Å². The zero-order valence-corrected chi connectivity index (χ0v) is 9.45. The fraction of sp³-hybridized carbons (Fsp3) is 0.444. The maximum Gasteiger partial charge on any atom is 0.328 e. The largest absolute Gasteiger partial charge is 0.478 e. The van der Waals surface area contributed by atoms with Gasteiger partial charge in [0.15, 0.2) is 0 Å². The van der Waals surface area contributed by atoms with E-state index in [0.29, 0.717) is 0 Å². The molecule has 0 aromatic carbocycles. The molecule has 0 aromatic rings. The van der Waals surface area contributed by atoms with E-state index < -0.39 is 5.97 Å². The van der Waals surface area contributed by atoms with Gasteiger partial charge in [0.25, 0.3) is 0 Å². The van der Waals surface area contributed by atoms with Gasteiger partial charge in [-0.2, -0.15) is 0 Å². The second kappa shape index (κ2) is 8.26. The Balaban J connectivity index is 4.09. The van der Waals surface area contributed by atoms with Gasteiger partial charge < -0.3 is 5.11 Å². The summed E-state index contributed by atoms with van der Waals surface area (Å²) in [5.74, 6) is 1.12. The summed E-state index contributed by atoms with van der Waals surface area (Å²) in [5.41, 5.74) is 0. The third kappa shape index (κ3) is 7.99. The van der Waals surface area contributed by atoms with Gasteiger partial charge in [-0.05, 0) is 17.6 Å². The van der Waals surface area contributed by atoms with E-state index in [-0.39, 0.29) is 0 Å². The lowest BCUT2D eigenvalue weighted by Crippen LogP contribution is -1.84. The molecule has 2 nitrogen and oxygen atoms in total. The Morgan fingerprint density at radius 3 is 2.23 bits per heavy atom. The van der Waals surface area contributed by atoms with Gasteiger partial charge in [-0.25, -0.2) is 4.79 Å². The average Bonchev–Trinajstić information content (AvgIpc) is 2.04. The minimum Gasteiger partial charge on any atom is -0.478 e. The summed E-state index contributed by atoms with van der Waals surface area (Å²) in [7, 11) is 0. The number of hydrogen-bond acceptors (Lipinski definition) is 3. The van der Waals surface area contributed by atoms with Gasteiger partial charge in [-0.1, -0.05) is 19.9 Å². The van der Waals surface area contributed by atoms with Crippen molar-refractivity contribution in [3.8, 4) is 0 Å². The Bertz CT molecular complexity index is 202. The summed E-state index contributed by atoms with van der Waals surface area (Å²) in [6.45, 7) is 4.16. The van der Waals surface area contributed by atoms with Crippen molar-refractivity contribution >= 4 is 29.5 Å². The van der Waals surface area contributed by atoms with Gasteiger partial charge >= 0.3 is 5.97 Å². The predicted molar refractivity (Wildman–Crippen MR) is 61.1 cm³/mol. The zero-order chi connectivity index (χ0) is 10.1. The van der Waals surface area contributed by atoms with Crippen LogP contribution < -0.4 is 0 Å². The normalized spacial score (nSPS) is 10.3. The van der Waals surface area contributed by atoms with Crippen LogP contribution in [0.5, 0.6) is 0 Å². The predicted octanol–water partition coefficient (Wildman–Crippen LogP) is 2.97. The van der Waals surface area contributed by atoms with Crippen LogP contribution in [0.1, 0.15) is 13.8 Å². The first-order chi connectivity index (χ1) is 6.20. The molecule has 0 amide bonds. The minimum atomic E-state index is -0.904. The lowest BCUT2D eigenvalue weighted by atomic mass is 10.5. The van der Waals surface area contributed by atoms with Gasteiger partial charge in [0.05, 0.1) is 0 Å². The van der Waals surface area contributed by atoms with Crippen molar-refractivity contribution in [3.63, 3.8) is 0 Å². The lowest BCUT2D eigenvalue weighted by molar-refractivity contribution is -0.131. The molecule has 0 heterocycles. The number of thioether (sulfide) groups is 2. The summed E-state index contributed by atoms with van der Waals surface area (Å²) < 4.78 is 1.17. The summed E-state index contributed by atoms with van der Waals surface area (Å²) in [5, 5.41) is 8.36. The van der Waals surface area contributed by atoms with Crippen LogP contribution in [0.3, 0.4) is 0 Å². The van der Waals surface area contributed by atoms with Crippen LogP contribution in [0.2, 0.25) is 0 Å². The molecule has 0 aliphatic heterocycles. The highest BCUT2D eigenvalue weighted by Gasteiger charge is 1.93. The summed E-state index contributed by atoms with van der Waals surface area (Å²) in [6.07, 6.45) is 4.56. The topological polar surface area (TPSA) is 37.3 Å². The first-order valence-electron chi connectivity index (χ1n) is 4.07. The standard InChI is InChI=1S/C9H14O2S2/c1-3-12-9(13-4-2)7-5-6-8(10)11/h5-7H,3-4H2,1-2H3,(H,10,11)/b6-5+. The molecule has 74 valence electrons. The molecule has 0 aromatic heterocycles. The fourth-order valence-electron chi connectivity index (χ4n) is 0.631. The molecule has 13 heavy (non-hydrogen) atoms. The molecular formula is C9H14O2S2. The van der Waals surface area contributed by atoms with E-state index in [4.69, 9.17) is 5.11 Å². The maximum atomic E-state index is 10.2. The number of allylic oxidation sites excluding steroid dienone is 2. The molecule has 4 heteroatoms. The van der Waals surface area contributed by atoms with E-state index in [1.807, 2.05) is 6.08 Å². The molecule has 0 unspecified atom stereocenters. The third-order valence-corrected chi connectivity index (χ3v) is 3.17. The van der Waals surface area contributed by atoms with E-state index in [2.05, 4.69) is 13.8 Å². The highest BCUT2D eigenvalue weighted by Crippen LogP contribution is 2.27. The zero-order valence-electron chi connectivity index (χ0n) is 7.82. The number of hydrogen-bond donors (Lipinski definition) is 1. The first kappa shape index (κ1) is 12.7. The van der Waals surface area contributed by atoms with E-state index in [1.165, 1.54) is 4.24 Å². The molecular weight excluding hydrogens is 204 g/mol. The van der Waals surface area contributed by atoms with Crippen molar-refractivity contribution in [3.05, 3.63) is 22.5 Å². The SMILES string of the molecule is CCSC(=C/C=C/C(=O)O)SCC. The Hall–Kier alpha value is -0.350. The highest BCUT2D eigenvalue weighted by molar-refractivity contribution is 8.22. The quantitative estimate of drug-likeness (QED) is 0.549. The summed E-state index contributed by atoms with van der Waals surface area (Å²) in [6, 6.07) is 0. The first-order valence-corrected chi connectivity index (χ1v) is 6.04. The van der Waals surface area contributed by atoms with E-state index >= 15 is 0 Å². The number of carbonyl (C=O) groups is 1. The van der Waals surface area contributed by atoms with Crippen LogP contribution in [0.25, 0.3) is 0 Å². The van der Waals surface area contributed by atoms with E-state index in [1.54, 1.807) is 29.6 Å². The van der Waals surface area contributed by atoms with Crippen molar-refractivity contribution in [2.45, 2.75) is 13.8 Å². The second-order valence-electron chi connectivity index (χ2n) is 2.05. The molecule has 0 aliphatic carbocycles. The number of carboxylic acid groups (broad SMARTS) is 1. The summed E-state index contributed by atoms with van der Waals surface area (Å²) in [4.78, 5) is 10.2. The highest BCUT2D eigenvalue weighted by atomic mass is 32.2. The van der Waals surface area contributed by atoms with Crippen molar-refractivity contribution < 1.29 is 9.90 Å². The van der Waals surface area contributed by atoms with Crippen LogP contribution >= 0.6 is 23.5 Å². The fourth-order valence-corrected chi connectivity index (χ4v) is 2.59. The number of aliphatic carboxylic acids is 1. The second-order valence-corrected chi connectivity index (χ2v) is 4.92. The molecule has 0 fully saturated rings. The van der Waals surface area contributed by atoms with Gasteiger partial charge in [0, 0.05) is 10.3 Å². The Morgan fingerprint density at radius 2 is 1.85 bits per heavy atom. The molecule has 0 saturated carbocycles. The van der Waals surface area contributed by atoms with Crippen molar-refractivity contribution in [2.24, 2.45) is 0 Å². The molecule has 0 atom stereocenters. The molecule has 0 rings (SSSR count). The Kier molecular flexibility index (Phi) is 8.04. The van der Waals surface area contributed by atoms with Crippen molar-refractivity contribution in [1.82, 2.24) is 0 Å². The Labute approximate surface area is 87.5 Å². The van der Waals surface area contributed by atoms with Gasteiger partial charge in [0.2, 0.25) is 0 Å². The van der Waals surface area contributed by atoms with Crippen LogP contribution in [0.4, 0.5) is 0 Å². The Morgan fingerprint density at radius 1 is 1.31 bits per heavy atom. The van der Waals surface area contributed by atoms with Crippen molar-refractivity contribution in [1.29, 1.82) is 0 Å². The minimum absolute atomic E-state index is 0.904. The van der Waals surface area contributed by atoms with Gasteiger partial charge in [-0.15, -0.1) is 23.5 Å². The molecule has 1 N–H and O–H groups in total. The van der Waals surface area contributed by atoms with Crippen LogP contribution in [-0.4, -0.2) is 22.6 Å². The molecule has 0 saturated heterocycles. The molecule has 0 radical (unpaired) electrons. The van der Waals surface area contributed by atoms with Crippen LogP contribution in [-0.2, 0) is 4.79 Å². The monoisotopic (exact) mass is 218 g/mol. The number of carboxylic acids is 1. The smallest absolute Gasteiger partial charge is 0.328 e. The van der Waals surface area contributed by atoms with Gasteiger partial charge in [-0.3, -0.25) is 0 Å². The number of rotatable bonds is 6. The van der Waals surface area contributed by atoms with Gasteiger partial charge in [0.1, 0.15) is 0 Å². The lowest BCUT2D eigenvalue weighted by Gasteiger charge is -2.00. The van der Waals surface area contributed by atoms with Crippen molar-refractivity contribution in [2.75, 3.05) is 11.5 Å². The molecule has 0 spiro atoms. The van der Waals surface area contributed by atoms with E-state index in [0.717, 1.165) is 17.6 Å². The van der Waals surface area contributed by atoms with E-state index in [9.17, 15) is 4.79 Å².